The van der Waals surface area contributed by atoms with Crippen LogP contribution in [-0.2, 0) is 9.59 Å². The van der Waals surface area contributed by atoms with E-state index in [0.29, 0.717) is 6.04 Å². The minimum absolute atomic E-state index is 0.0301. The standard InChI is InChI=1S/C16H26N2O3/c1-16(2,15(20)21)17(3)11-14(19)18(13-9-10-13)12-7-5-4-6-8-12/h7,13H,4-6,8-11H2,1-3H3,(H,20,21). The van der Waals surface area contributed by atoms with Gasteiger partial charge in [0.1, 0.15) is 5.54 Å². The second-order valence-electron chi connectivity index (χ2n) is 6.66. The number of amides is 1. The molecule has 5 heteroatoms. The number of hydrogen-bond donors (Lipinski definition) is 1. The molecule has 1 fully saturated rings. The van der Waals surface area contributed by atoms with E-state index in [4.69, 9.17) is 0 Å². The molecule has 1 saturated carbocycles. The zero-order valence-corrected chi connectivity index (χ0v) is 13.3. The highest BCUT2D eigenvalue weighted by Gasteiger charge is 2.38. The molecule has 2 aliphatic rings. The summed E-state index contributed by atoms with van der Waals surface area (Å²) in [5.41, 5.74) is 0.113. The number of carboxylic acids is 1. The molecule has 0 unspecified atom stereocenters. The predicted octanol–water partition coefficient (Wildman–Crippen LogP) is 2.23. The quantitative estimate of drug-likeness (QED) is 0.816. The number of hydrogen-bond acceptors (Lipinski definition) is 3. The molecular weight excluding hydrogens is 268 g/mol. The van der Waals surface area contributed by atoms with Gasteiger partial charge in [0.25, 0.3) is 0 Å². The van der Waals surface area contributed by atoms with E-state index in [0.717, 1.165) is 37.8 Å². The van der Waals surface area contributed by atoms with Gasteiger partial charge in [-0.3, -0.25) is 14.5 Å². The lowest BCUT2D eigenvalue weighted by atomic mass is 10.0. The number of likely N-dealkylation sites (N-methyl/N-ethyl adjacent to an activating group) is 1. The van der Waals surface area contributed by atoms with Crippen LogP contribution in [0.4, 0.5) is 0 Å². The summed E-state index contributed by atoms with van der Waals surface area (Å²) in [7, 11) is 1.70. The molecule has 0 atom stereocenters. The first-order valence-electron chi connectivity index (χ1n) is 7.79. The fourth-order valence-corrected chi connectivity index (χ4v) is 2.61. The summed E-state index contributed by atoms with van der Waals surface area (Å²) in [4.78, 5) is 27.5. The summed E-state index contributed by atoms with van der Waals surface area (Å²) < 4.78 is 0. The maximum atomic E-state index is 12.7. The van der Waals surface area contributed by atoms with Crippen LogP contribution in [-0.4, -0.2) is 52.0 Å². The number of nitrogens with zero attached hydrogens (tertiary/aromatic N) is 2. The Bertz CT molecular complexity index is 452. The van der Waals surface area contributed by atoms with Crippen molar-refractivity contribution in [1.82, 2.24) is 9.80 Å². The van der Waals surface area contributed by atoms with E-state index < -0.39 is 11.5 Å². The van der Waals surface area contributed by atoms with Gasteiger partial charge in [-0.15, -0.1) is 0 Å². The number of carbonyl (C=O) groups is 2. The lowest BCUT2D eigenvalue weighted by molar-refractivity contribution is -0.149. The van der Waals surface area contributed by atoms with Gasteiger partial charge >= 0.3 is 5.97 Å². The molecule has 1 N–H and O–H groups in total. The third kappa shape index (κ3) is 3.64. The van der Waals surface area contributed by atoms with Gasteiger partial charge in [-0.05, 0) is 59.4 Å². The van der Waals surface area contributed by atoms with E-state index >= 15 is 0 Å². The van der Waals surface area contributed by atoms with Gasteiger partial charge in [0.05, 0.1) is 6.54 Å². The molecule has 0 bridgehead atoms. The fraction of sp³-hybridized carbons (Fsp3) is 0.750. The highest BCUT2D eigenvalue weighted by molar-refractivity contribution is 5.83. The zero-order chi connectivity index (χ0) is 15.6. The SMILES string of the molecule is CN(CC(=O)N(C1=CCCCC1)C1CC1)C(C)(C)C(=O)O. The Morgan fingerprint density at radius 3 is 2.48 bits per heavy atom. The van der Waals surface area contributed by atoms with Crippen LogP contribution >= 0.6 is 0 Å². The van der Waals surface area contributed by atoms with Crippen LogP contribution in [0.5, 0.6) is 0 Å². The molecule has 2 rings (SSSR count). The molecule has 2 aliphatic carbocycles. The average molecular weight is 294 g/mol. The van der Waals surface area contributed by atoms with Crippen molar-refractivity contribution in [2.75, 3.05) is 13.6 Å². The van der Waals surface area contributed by atoms with Gasteiger partial charge in [0.15, 0.2) is 0 Å². The summed E-state index contributed by atoms with van der Waals surface area (Å²) in [5.74, 6) is -0.880. The van der Waals surface area contributed by atoms with Crippen molar-refractivity contribution in [3.05, 3.63) is 11.8 Å². The Morgan fingerprint density at radius 2 is 2.00 bits per heavy atom. The van der Waals surface area contributed by atoms with Crippen LogP contribution in [0.2, 0.25) is 0 Å². The van der Waals surface area contributed by atoms with Crippen LogP contribution in [0.3, 0.4) is 0 Å². The summed E-state index contributed by atoms with van der Waals surface area (Å²) >= 11 is 0. The van der Waals surface area contributed by atoms with Crippen LogP contribution in [0, 0.1) is 0 Å². The summed E-state index contributed by atoms with van der Waals surface area (Å²) in [6.45, 7) is 3.40. The van der Waals surface area contributed by atoms with Crippen LogP contribution in [0.25, 0.3) is 0 Å². The fourth-order valence-electron chi connectivity index (χ4n) is 2.61. The third-order valence-corrected chi connectivity index (χ3v) is 4.61. The number of aliphatic carboxylic acids is 1. The molecule has 0 saturated heterocycles. The van der Waals surface area contributed by atoms with Gasteiger partial charge in [-0.1, -0.05) is 6.08 Å². The Morgan fingerprint density at radius 1 is 1.33 bits per heavy atom. The van der Waals surface area contributed by atoms with E-state index in [1.165, 1.54) is 6.42 Å². The Kier molecular flexibility index (Phi) is 4.71. The second kappa shape index (κ2) is 6.18. The van der Waals surface area contributed by atoms with Crippen LogP contribution in [0.1, 0.15) is 52.4 Å². The summed E-state index contributed by atoms with van der Waals surface area (Å²) in [6.07, 6.45) is 8.66. The third-order valence-electron chi connectivity index (χ3n) is 4.61. The molecule has 0 radical (unpaired) electrons. The van der Waals surface area contributed by atoms with Crippen molar-refractivity contribution < 1.29 is 14.7 Å². The zero-order valence-electron chi connectivity index (χ0n) is 13.3. The van der Waals surface area contributed by atoms with E-state index in [9.17, 15) is 14.7 Å². The normalized spacial score (nSPS) is 19.3. The highest BCUT2D eigenvalue weighted by atomic mass is 16.4. The Hall–Kier alpha value is -1.36. The molecule has 0 aromatic heterocycles. The van der Waals surface area contributed by atoms with Gasteiger partial charge < -0.3 is 10.0 Å². The monoisotopic (exact) mass is 294 g/mol. The van der Waals surface area contributed by atoms with Crippen molar-refractivity contribution in [3.8, 4) is 0 Å². The first kappa shape index (κ1) is 16.0. The van der Waals surface area contributed by atoms with E-state index in [1.54, 1.807) is 25.8 Å². The van der Waals surface area contributed by atoms with Crippen molar-refractivity contribution in [1.29, 1.82) is 0 Å². The van der Waals surface area contributed by atoms with E-state index in [-0.39, 0.29) is 12.5 Å². The Labute approximate surface area is 126 Å². The van der Waals surface area contributed by atoms with Crippen LogP contribution < -0.4 is 0 Å². The molecular formula is C16H26N2O3. The molecule has 1 amide bonds. The van der Waals surface area contributed by atoms with Crippen molar-refractivity contribution >= 4 is 11.9 Å². The van der Waals surface area contributed by atoms with Crippen molar-refractivity contribution in [2.24, 2.45) is 0 Å². The number of carboxylic acid groups (broad SMARTS) is 1. The lowest BCUT2D eigenvalue weighted by Crippen LogP contribution is -2.52. The first-order valence-corrected chi connectivity index (χ1v) is 7.79. The first-order chi connectivity index (χ1) is 9.84. The molecule has 0 spiro atoms. The predicted molar refractivity (Wildman–Crippen MR) is 80.8 cm³/mol. The lowest BCUT2D eigenvalue weighted by Gasteiger charge is -2.34. The topological polar surface area (TPSA) is 60.9 Å². The molecule has 118 valence electrons. The van der Waals surface area contributed by atoms with Crippen LogP contribution in [0.15, 0.2) is 11.8 Å². The smallest absolute Gasteiger partial charge is 0.323 e. The van der Waals surface area contributed by atoms with Gasteiger partial charge in [0, 0.05) is 11.7 Å². The number of rotatable bonds is 6. The molecule has 21 heavy (non-hydrogen) atoms. The van der Waals surface area contributed by atoms with Gasteiger partial charge in [-0.2, -0.15) is 0 Å². The molecule has 0 aliphatic heterocycles. The summed E-state index contributed by atoms with van der Waals surface area (Å²) in [5, 5.41) is 9.26. The molecule has 5 nitrogen and oxygen atoms in total. The van der Waals surface area contributed by atoms with Crippen molar-refractivity contribution in [3.63, 3.8) is 0 Å². The highest BCUT2D eigenvalue weighted by Crippen LogP contribution is 2.34. The number of allylic oxidation sites excluding steroid dienone is 2. The van der Waals surface area contributed by atoms with E-state index in [2.05, 4.69) is 6.08 Å². The minimum Gasteiger partial charge on any atom is -0.480 e. The van der Waals surface area contributed by atoms with Crippen molar-refractivity contribution in [2.45, 2.75) is 64.0 Å². The minimum atomic E-state index is -1.04. The number of carbonyl (C=O) groups excluding carboxylic acids is 1. The molecule has 0 aromatic carbocycles. The second-order valence-corrected chi connectivity index (χ2v) is 6.66. The van der Waals surface area contributed by atoms with Gasteiger partial charge in [-0.25, -0.2) is 0 Å². The maximum Gasteiger partial charge on any atom is 0.323 e. The van der Waals surface area contributed by atoms with Gasteiger partial charge in [0.2, 0.25) is 5.91 Å². The van der Waals surface area contributed by atoms with E-state index in [1.807, 2.05) is 4.90 Å². The summed E-state index contributed by atoms with van der Waals surface area (Å²) in [6, 6.07) is 0.336. The molecule has 0 aromatic rings. The average Bonchev–Trinajstić information content (AvgIpc) is 3.24. The molecule has 0 heterocycles. The maximum absolute atomic E-state index is 12.7. The largest absolute Gasteiger partial charge is 0.480 e. The Balaban J connectivity index is 2.06.